The zero-order chi connectivity index (χ0) is 11.4. The average Bonchev–Trinajstić information content (AvgIpc) is 2.00. The van der Waals surface area contributed by atoms with Gasteiger partial charge < -0.3 is 10.6 Å². The number of likely N-dealkylation sites (N-methyl/N-ethyl adjacent to an activating group) is 1. The second kappa shape index (κ2) is 4.99. The third-order valence-corrected chi connectivity index (χ3v) is 1.53. The van der Waals surface area contributed by atoms with Gasteiger partial charge in [0.1, 0.15) is 6.54 Å². The van der Waals surface area contributed by atoms with Crippen LogP contribution in [0.5, 0.6) is 0 Å². The topological polar surface area (TPSA) is 46.3 Å². The lowest BCUT2D eigenvalue weighted by atomic mass is 10.2. The molecule has 0 heterocycles. The first-order valence-electron chi connectivity index (χ1n) is 3.96. The van der Waals surface area contributed by atoms with Crippen LogP contribution in [0, 0.1) is 0 Å². The van der Waals surface area contributed by atoms with Crippen molar-refractivity contribution in [2.24, 2.45) is 5.73 Å². The molecule has 0 saturated heterocycles. The standard InChI is InChI=1S/C8H13F3N2O/c1-3-4-6(12)7(14)13(2)5-8(9,10)11/h3,6H,1,4-5,12H2,2H3. The third-order valence-electron chi connectivity index (χ3n) is 1.53. The molecule has 0 spiro atoms. The van der Waals surface area contributed by atoms with Crippen molar-refractivity contribution in [1.82, 2.24) is 4.90 Å². The fraction of sp³-hybridized carbons (Fsp3) is 0.625. The molecule has 0 aromatic rings. The van der Waals surface area contributed by atoms with Gasteiger partial charge in [-0.25, -0.2) is 0 Å². The summed E-state index contributed by atoms with van der Waals surface area (Å²) in [4.78, 5) is 11.7. The van der Waals surface area contributed by atoms with Crippen LogP contribution in [-0.4, -0.2) is 36.6 Å². The van der Waals surface area contributed by atoms with Crippen LogP contribution in [0.2, 0.25) is 0 Å². The summed E-state index contributed by atoms with van der Waals surface area (Å²) in [6.07, 6.45) is -2.83. The van der Waals surface area contributed by atoms with Gasteiger partial charge >= 0.3 is 6.18 Å². The summed E-state index contributed by atoms with van der Waals surface area (Å²) in [7, 11) is 1.07. The van der Waals surface area contributed by atoms with Gasteiger partial charge in [0.05, 0.1) is 6.04 Å². The van der Waals surface area contributed by atoms with Crippen LogP contribution in [0.1, 0.15) is 6.42 Å². The van der Waals surface area contributed by atoms with Gasteiger partial charge in [0.25, 0.3) is 0 Å². The molecule has 2 N–H and O–H groups in total. The largest absolute Gasteiger partial charge is 0.406 e. The fourth-order valence-corrected chi connectivity index (χ4v) is 0.910. The van der Waals surface area contributed by atoms with Crippen molar-refractivity contribution in [2.45, 2.75) is 18.6 Å². The van der Waals surface area contributed by atoms with Gasteiger partial charge in [-0.1, -0.05) is 6.08 Å². The molecule has 0 bridgehead atoms. The SMILES string of the molecule is C=CCC(N)C(=O)N(C)CC(F)(F)F. The van der Waals surface area contributed by atoms with Crippen LogP contribution in [0.25, 0.3) is 0 Å². The number of nitrogens with two attached hydrogens (primary N) is 1. The maximum Gasteiger partial charge on any atom is 0.406 e. The summed E-state index contributed by atoms with van der Waals surface area (Å²) in [6, 6.07) is -0.945. The number of hydrogen-bond donors (Lipinski definition) is 1. The van der Waals surface area contributed by atoms with Crippen molar-refractivity contribution in [2.75, 3.05) is 13.6 Å². The molecule has 0 radical (unpaired) electrons. The minimum Gasteiger partial charge on any atom is -0.335 e. The molecule has 0 saturated carbocycles. The van der Waals surface area contributed by atoms with Gasteiger partial charge in [-0.05, 0) is 6.42 Å². The van der Waals surface area contributed by atoms with Gasteiger partial charge in [-0.2, -0.15) is 13.2 Å². The molecule has 1 atom stereocenters. The lowest BCUT2D eigenvalue weighted by Gasteiger charge is -2.21. The number of rotatable bonds is 4. The highest BCUT2D eigenvalue weighted by Gasteiger charge is 2.32. The number of amides is 1. The summed E-state index contributed by atoms with van der Waals surface area (Å²) in [6.45, 7) is 2.06. The van der Waals surface area contributed by atoms with Crippen molar-refractivity contribution in [1.29, 1.82) is 0 Å². The van der Waals surface area contributed by atoms with E-state index in [0.29, 0.717) is 4.90 Å². The summed E-state index contributed by atoms with van der Waals surface area (Å²) in [5.41, 5.74) is 5.32. The number of carbonyl (C=O) groups is 1. The van der Waals surface area contributed by atoms with E-state index in [-0.39, 0.29) is 6.42 Å². The van der Waals surface area contributed by atoms with Crippen LogP contribution in [0.4, 0.5) is 13.2 Å². The molecule has 6 heteroatoms. The number of nitrogens with zero attached hydrogens (tertiary/aromatic N) is 1. The Hall–Kier alpha value is -1.04. The highest BCUT2D eigenvalue weighted by molar-refractivity contribution is 5.81. The van der Waals surface area contributed by atoms with E-state index in [1.165, 1.54) is 6.08 Å². The van der Waals surface area contributed by atoms with Crippen molar-refractivity contribution < 1.29 is 18.0 Å². The Balaban J connectivity index is 4.18. The predicted molar refractivity (Wildman–Crippen MR) is 46.5 cm³/mol. The van der Waals surface area contributed by atoms with Crippen LogP contribution in [0.3, 0.4) is 0 Å². The van der Waals surface area contributed by atoms with E-state index in [9.17, 15) is 18.0 Å². The number of halogens is 3. The Kier molecular flexibility index (Phi) is 4.62. The number of hydrogen-bond acceptors (Lipinski definition) is 2. The third kappa shape index (κ3) is 4.86. The van der Waals surface area contributed by atoms with Crippen LogP contribution < -0.4 is 5.73 Å². The van der Waals surface area contributed by atoms with Crippen molar-refractivity contribution in [3.8, 4) is 0 Å². The van der Waals surface area contributed by atoms with Crippen LogP contribution >= 0.6 is 0 Å². The average molecular weight is 210 g/mol. The Morgan fingerprint density at radius 3 is 2.50 bits per heavy atom. The molecule has 14 heavy (non-hydrogen) atoms. The van der Waals surface area contributed by atoms with Crippen LogP contribution in [-0.2, 0) is 4.79 Å². The maximum atomic E-state index is 11.9. The molecule has 0 aromatic carbocycles. The van der Waals surface area contributed by atoms with Crippen molar-refractivity contribution in [3.05, 3.63) is 12.7 Å². The van der Waals surface area contributed by atoms with E-state index >= 15 is 0 Å². The van der Waals surface area contributed by atoms with Crippen molar-refractivity contribution in [3.63, 3.8) is 0 Å². The first-order valence-corrected chi connectivity index (χ1v) is 3.96. The Morgan fingerprint density at radius 2 is 2.14 bits per heavy atom. The molecule has 0 aliphatic carbocycles. The molecule has 0 aromatic heterocycles. The van der Waals surface area contributed by atoms with E-state index in [2.05, 4.69) is 6.58 Å². The van der Waals surface area contributed by atoms with Gasteiger partial charge in [-0.3, -0.25) is 4.79 Å². The van der Waals surface area contributed by atoms with E-state index < -0.39 is 24.7 Å². The lowest BCUT2D eigenvalue weighted by Crippen LogP contribution is -2.45. The molecule has 0 fully saturated rings. The fourth-order valence-electron chi connectivity index (χ4n) is 0.910. The second-order valence-electron chi connectivity index (χ2n) is 2.94. The second-order valence-corrected chi connectivity index (χ2v) is 2.94. The minimum atomic E-state index is -4.39. The molecule has 0 rings (SSSR count). The summed E-state index contributed by atoms with van der Waals surface area (Å²) in [5.74, 6) is -0.734. The molecule has 0 aliphatic heterocycles. The van der Waals surface area contributed by atoms with Gasteiger partial charge in [0.2, 0.25) is 5.91 Å². The molecule has 1 unspecified atom stereocenters. The molecule has 0 aliphatic rings. The number of carbonyl (C=O) groups excluding carboxylic acids is 1. The van der Waals surface area contributed by atoms with Gasteiger partial charge in [-0.15, -0.1) is 6.58 Å². The highest BCUT2D eigenvalue weighted by atomic mass is 19.4. The Labute approximate surface area is 80.4 Å². The van der Waals surface area contributed by atoms with Crippen LogP contribution in [0.15, 0.2) is 12.7 Å². The molecular formula is C8H13F3N2O. The first kappa shape index (κ1) is 13.0. The lowest BCUT2D eigenvalue weighted by molar-refractivity contribution is -0.159. The van der Waals surface area contributed by atoms with Gasteiger partial charge in [0, 0.05) is 7.05 Å². The molecule has 1 amide bonds. The summed E-state index contributed by atoms with van der Waals surface area (Å²) < 4.78 is 35.6. The Morgan fingerprint density at radius 1 is 1.64 bits per heavy atom. The molecule has 82 valence electrons. The first-order chi connectivity index (χ1) is 6.28. The van der Waals surface area contributed by atoms with E-state index in [1.807, 2.05) is 0 Å². The minimum absolute atomic E-state index is 0.168. The van der Waals surface area contributed by atoms with Crippen molar-refractivity contribution >= 4 is 5.91 Å². The maximum absolute atomic E-state index is 11.9. The smallest absolute Gasteiger partial charge is 0.335 e. The predicted octanol–water partition coefficient (Wildman–Crippen LogP) is 0.910. The molecule has 3 nitrogen and oxygen atoms in total. The monoisotopic (exact) mass is 210 g/mol. The normalized spacial score (nSPS) is 13.5. The summed E-state index contributed by atoms with van der Waals surface area (Å²) >= 11 is 0. The Bertz CT molecular complexity index is 215. The quantitative estimate of drug-likeness (QED) is 0.701. The zero-order valence-electron chi connectivity index (χ0n) is 7.84. The zero-order valence-corrected chi connectivity index (χ0v) is 7.84. The summed E-state index contributed by atoms with van der Waals surface area (Å²) in [5, 5.41) is 0. The highest BCUT2D eigenvalue weighted by Crippen LogP contribution is 2.15. The van der Waals surface area contributed by atoms with E-state index in [4.69, 9.17) is 5.73 Å². The van der Waals surface area contributed by atoms with E-state index in [0.717, 1.165) is 7.05 Å². The van der Waals surface area contributed by atoms with Gasteiger partial charge in [0.15, 0.2) is 0 Å². The number of alkyl halides is 3. The van der Waals surface area contributed by atoms with E-state index in [1.54, 1.807) is 0 Å². The molecular weight excluding hydrogens is 197 g/mol.